The average Bonchev–Trinajstić information content (AvgIpc) is 3.10. The Kier molecular flexibility index (Phi) is 4.01. The van der Waals surface area contributed by atoms with E-state index in [1.54, 1.807) is 23.1 Å². The first-order valence-corrected chi connectivity index (χ1v) is 8.32. The summed E-state index contributed by atoms with van der Waals surface area (Å²) in [6.07, 6.45) is 7.30. The number of rotatable bonds is 4. The Labute approximate surface area is 150 Å². The predicted molar refractivity (Wildman–Crippen MR) is 98.0 cm³/mol. The second-order valence-electron chi connectivity index (χ2n) is 6.27. The minimum atomic E-state index is -0.0375. The van der Waals surface area contributed by atoms with Crippen molar-refractivity contribution in [1.29, 1.82) is 0 Å². The third-order valence-corrected chi connectivity index (χ3v) is 4.33. The van der Waals surface area contributed by atoms with Crippen molar-refractivity contribution in [2.75, 3.05) is 0 Å². The van der Waals surface area contributed by atoms with Crippen molar-refractivity contribution in [3.63, 3.8) is 0 Å². The third kappa shape index (κ3) is 2.97. The molecule has 0 fully saturated rings. The van der Waals surface area contributed by atoms with Crippen LogP contribution < -0.4 is 0 Å². The maximum atomic E-state index is 13.0. The molecule has 4 rings (SSSR count). The maximum absolute atomic E-state index is 13.0. The molecule has 0 spiro atoms. The molecule has 0 saturated carbocycles. The molecular weight excluding hydrogens is 326 g/mol. The van der Waals surface area contributed by atoms with Crippen LogP contribution in [-0.4, -0.2) is 30.3 Å². The molecule has 0 aliphatic rings. The number of carbonyl (C=O) groups excluding carboxylic acids is 1. The first kappa shape index (κ1) is 16.1. The van der Waals surface area contributed by atoms with Gasteiger partial charge < -0.3 is 0 Å². The van der Waals surface area contributed by atoms with Crippen LogP contribution >= 0.6 is 0 Å². The van der Waals surface area contributed by atoms with Gasteiger partial charge >= 0.3 is 0 Å². The molecule has 0 radical (unpaired) electrons. The van der Waals surface area contributed by atoms with Gasteiger partial charge in [-0.25, -0.2) is 0 Å². The zero-order valence-electron chi connectivity index (χ0n) is 14.5. The fraction of sp³-hybridized carbons (Fsp3) is 0.150. The summed E-state index contributed by atoms with van der Waals surface area (Å²) in [6, 6.07) is 9.50. The molecule has 0 aliphatic carbocycles. The lowest BCUT2D eigenvalue weighted by Gasteiger charge is -2.09. The molecular formula is C20H17N5O. The molecule has 0 aromatic carbocycles. The molecule has 128 valence electrons. The van der Waals surface area contributed by atoms with Crippen LogP contribution in [0.4, 0.5) is 0 Å². The lowest BCUT2D eigenvalue weighted by Crippen LogP contribution is -2.08. The van der Waals surface area contributed by atoms with Gasteiger partial charge in [0.05, 0.1) is 12.0 Å². The maximum Gasteiger partial charge on any atom is 0.172 e. The number of fused-ring (bicyclic) bond motifs is 1. The Hall–Kier alpha value is -3.41. The predicted octanol–water partition coefficient (Wildman–Crippen LogP) is 3.23. The van der Waals surface area contributed by atoms with Gasteiger partial charge in [-0.3, -0.25) is 19.2 Å². The number of carbonyl (C=O) groups is 1. The van der Waals surface area contributed by atoms with E-state index in [1.807, 2.05) is 50.4 Å². The van der Waals surface area contributed by atoms with Crippen molar-refractivity contribution in [3.05, 3.63) is 77.8 Å². The second-order valence-corrected chi connectivity index (χ2v) is 6.27. The fourth-order valence-corrected chi connectivity index (χ4v) is 3.01. The molecule has 6 nitrogen and oxygen atoms in total. The SMILES string of the molecule is Cc1cccc(CC(=O)c2cc(-c3cnccc3C)cn3cnnc23)n1. The van der Waals surface area contributed by atoms with Crippen LogP contribution in [0.25, 0.3) is 16.8 Å². The van der Waals surface area contributed by atoms with E-state index in [-0.39, 0.29) is 12.2 Å². The van der Waals surface area contributed by atoms with Crippen LogP contribution in [0.2, 0.25) is 0 Å². The molecule has 0 bridgehead atoms. The molecule has 0 unspecified atom stereocenters. The van der Waals surface area contributed by atoms with Crippen LogP contribution in [0.15, 0.2) is 55.2 Å². The van der Waals surface area contributed by atoms with Gasteiger partial charge in [-0.2, -0.15) is 0 Å². The van der Waals surface area contributed by atoms with E-state index in [0.29, 0.717) is 11.2 Å². The smallest absolute Gasteiger partial charge is 0.172 e. The number of hydrogen-bond donors (Lipinski definition) is 0. The molecule has 4 heterocycles. The molecule has 4 aromatic rings. The van der Waals surface area contributed by atoms with E-state index >= 15 is 0 Å². The van der Waals surface area contributed by atoms with Crippen molar-refractivity contribution in [1.82, 2.24) is 24.6 Å². The molecule has 0 atom stereocenters. The minimum Gasteiger partial charge on any atom is -0.294 e. The first-order valence-electron chi connectivity index (χ1n) is 8.32. The Morgan fingerprint density at radius 2 is 2.08 bits per heavy atom. The van der Waals surface area contributed by atoms with Gasteiger partial charge in [0.15, 0.2) is 11.4 Å². The highest BCUT2D eigenvalue weighted by Gasteiger charge is 2.16. The van der Waals surface area contributed by atoms with Crippen molar-refractivity contribution in [2.45, 2.75) is 20.3 Å². The van der Waals surface area contributed by atoms with Gasteiger partial charge in [0.1, 0.15) is 6.33 Å². The van der Waals surface area contributed by atoms with Crippen molar-refractivity contribution in [3.8, 4) is 11.1 Å². The summed E-state index contributed by atoms with van der Waals surface area (Å²) < 4.78 is 1.78. The van der Waals surface area contributed by atoms with Crippen LogP contribution in [0.3, 0.4) is 0 Å². The molecule has 0 aliphatic heterocycles. The summed E-state index contributed by atoms with van der Waals surface area (Å²) in [5.74, 6) is -0.0375. The van der Waals surface area contributed by atoms with Gasteiger partial charge in [0.2, 0.25) is 0 Å². The van der Waals surface area contributed by atoms with Crippen molar-refractivity contribution >= 4 is 11.4 Å². The summed E-state index contributed by atoms with van der Waals surface area (Å²) in [5.41, 5.74) is 5.69. The minimum absolute atomic E-state index is 0.0375. The number of aryl methyl sites for hydroxylation is 2. The largest absolute Gasteiger partial charge is 0.294 e. The number of nitrogens with zero attached hydrogens (tertiary/aromatic N) is 5. The summed E-state index contributed by atoms with van der Waals surface area (Å²) in [4.78, 5) is 21.6. The highest BCUT2D eigenvalue weighted by atomic mass is 16.1. The van der Waals surface area contributed by atoms with E-state index in [1.165, 1.54) is 0 Å². The molecule has 6 heteroatoms. The van der Waals surface area contributed by atoms with Crippen LogP contribution in [-0.2, 0) is 6.42 Å². The molecule has 4 aromatic heterocycles. The zero-order chi connectivity index (χ0) is 18.1. The number of Topliss-reactive ketones (excluding diaryl/α,β-unsaturated/α-hetero) is 1. The van der Waals surface area contributed by atoms with E-state index in [2.05, 4.69) is 20.2 Å². The zero-order valence-corrected chi connectivity index (χ0v) is 14.5. The molecule has 26 heavy (non-hydrogen) atoms. The van der Waals surface area contributed by atoms with Crippen LogP contribution in [0.1, 0.15) is 27.3 Å². The standard InChI is InChI=1S/C20H17N5O/c1-13-6-7-21-10-18(13)15-8-17(20-24-22-12-25(20)11-15)19(26)9-16-5-3-4-14(2)23-16/h3-8,10-12H,9H2,1-2H3. The Bertz CT molecular complexity index is 1120. The normalized spacial score (nSPS) is 11.0. The van der Waals surface area contributed by atoms with E-state index in [0.717, 1.165) is 28.1 Å². The van der Waals surface area contributed by atoms with E-state index in [4.69, 9.17) is 0 Å². The van der Waals surface area contributed by atoms with Crippen molar-refractivity contribution in [2.24, 2.45) is 0 Å². The summed E-state index contributed by atoms with van der Waals surface area (Å²) in [6.45, 7) is 3.93. The summed E-state index contributed by atoms with van der Waals surface area (Å²) in [5, 5.41) is 8.06. The molecule has 0 amide bonds. The van der Waals surface area contributed by atoms with E-state index in [9.17, 15) is 4.79 Å². The lowest BCUT2D eigenvalue weighted by molar-refractivity contribution is 0.0993. The van der Waals surface area contributed by atoms with Crippen molar-refractivity contribution < 1.29 is 4.79 Å². The lowest BCUT2D eigenvalue weighted by atomic mass is 10.00. The third-order valence-electron chi connectivity index (χ3n) is 4.33. The number of pyridine rings is 3. The fourth-order valence-electron chi connectivity index (χ4n) is 3.01. The monoisotopic (exact) mass is 343 g/mol. The number of aromatic nitrogens is 5. The quantitative estimate of drug-likeness (QED) is 0.532. The van der Waals surface area contributed by atoms with Gasteiger partial charge in [0.25, 0.3) is 0 Å². The summed E-state index contributed by atoms with van der Waals surface area (Å²) >= 11 is 0. The first-order chi connectivity index (χ1) is 12.6. The van der Waals surface area contributed by atoms with E-state index < -0.39 is 0 Å². The summed E-state index contributed by atoms with van der Waals surface area (Å²) in [7, 11) is 0. The highest BCUT2D eigenvalue weighted by Crippen LogP contribution is 2.25. The number of ketones is 1. The Balaban J connectivity index is 1.80. The Morgan fingerprint density at radius 3 is 2.88 bits per heavy atom. The van der Waals surface area contributed by atoms with Gasteiger partial charge in [-0.15, -0.1) is 10.2 Å². The number of hydrogen-bond acceptors (Lipinski definition) is 5. The van der Waals surface area contributed by atoms with Gasteiger partial charge in [-0.1, -0.05) is 6.07 Å². The van der Waals surface area contributed by atoms with Crippen LogP contribution in [0, 0.1) is 13.8 Å². The van der Waals surface area contributed by atoms with Gasteiger partial charge in [-0.05, 0) is 43.7 Å². The molecule has 0 saturated heterocycles. The average molecular weight is 343 g/mol. The second kappa shape index (κ2) is 6.48. The van der Waals surface area contributed by atoms with Gasteiger partial charge in [0, 0.05) is 41.1 Å². The highest BCUT2D eigenvalue weighted by molar-refractivity contribution is 6.03. The van der Waals surface area contributed by atoms with Crippen LogP contribution in [0.5, 0.6) is 0 Å². The molecule has 0 N–H and O–H groups in total. The topological polar surface area (TPSA) is 73.0 Å². The Morgan fingerprint density at radius 1 is 1.19 bits per heavy atom.